The molecule has 0 bridgehead atoms. The summed E-state index contributed by atoms with van der Waals surface area (Å²) in [5, 5.41) is 3.49. The summed E-state index contributed by atoms with van der Waals surface area (Å²) in [4.78, 5) is 2.05. The van der Waals surface area contributed by atoms with Crippen LogP contribution < -0.4 is 10.2 Å². The molecule has 0 amide bonds. The SMILES string of the molecule is CCC1(C)CN(c2cc(Br)cc(C(F)(F)F)c2)CCCN1. The lowest BCUT2D eigenvalue weighted by Crippen LogP contribution is -2.48. The van der Waals surface area contributed by atoms with Crippen molar-refractivity contribution in [2.45, 2.75) is 38.4 Å². The molecule has 1 unspecified atom stereocenters. The monoisotopic (exact) mass is 364 g/mol. The van der Waals surface area contributed by atoms with Crippen LogP contribution in [0.15, 0.2) is 22.7 Å². The molecule has 1 N–H and O–H groups in total. The first kappa shape index (κ1) is 16.6. The number of rotatable bonds is 2. The fourth-order valence-corrected chi connectivity index (χ4v) is 3.08. The van der Waals surface area contributed by atoms with E-state index in [9.17, 15) is 13.2 Å². The molecule has 0 saturated carbocycles. The lowest BCUT2D eigenvalue weighted by molar-refractivity contribution is -0.137. The molecule has 21 heavy (non-hydrogen) atoms. The second kappa shape index (κ2) is 6.16. The van der Waals surface area contributed by atoms with Gasteiger partial charge in [-0.05, 0) is 44.5 Å². The van der Waals surface area contributed by atoms with Crippen LogP contribution in [0, 0.1) is 0 Å². The Hall–Kier alpha value is -0.750. The van der Waals surface area contributed by atoms with Crippen molar-refractivity contribution in [1.29, 1.82) is 0 Å². The van der Waals surface area contributed by atoms with Crippen LogP contribution in [0.2, 0.25) is 0 Å². The molecule has 1 atom stereocenters. The summed E-state index contributed by atoms with van der Waals surface area (Å²) in [6, 6.07) is 4.13. The number of hydrogen-bond acceptors (Lipinski definition) is 2. The zero-order valence-electron chi connectivity index (χ0n) is 12.2. The molecule has 1 aliphatic heterocycles. The van der Waals surface area contributed by atoms with Crippen LogP contribution in [0.3, 0.4) is 0 Å². The fraction of sp³-hybridized carbons (Fsp3) is 0.600. The van der Waals surface area contributed by atoms with Gasteiger partial charge in [0.15, 0.2) is 0 Å². The first-order valence-electron chi connectivity index (χ1n) is 7.11. The van der Waals surface area contributed by atoms with E-state index < -0.39 is 11.7 Å². The number of alkyl halides is 3. The average Bonchev–Trinajstić information content (AvgIpc) is 2.60. The highest BCUT2D eigenvalue weighted by molar-refractivity contribution is 9.10. The Morgan fingerprint density at radius 1 is 1.33 bits per heavy atom. The predicted molar refractivity (Wildman–Crippen MR) is 82.7 cm³/mol. The smallest absolute Gasteiger partial charge is 0.370 e. The van der Waals surface area contributed by atoms with Gasteiger partial charge in [-0.2, -0.15) is 13.2 Å². The minimum absolute atomic E-state index is 0.0722. The molecule has 118 valence electrons. The maximum absolute atomic E-state index is 13.0. The zero-order chi connectivity index (χ0) is 15.7. The third-order valence-corrected chi connectivity index (χ3v) is 4.51. The predicted octanol–water partition coefficient (Wildman–Crippen LogP) is 4.44. The van der Waals surface area contributed by atoms with E-state index in [1.807, 2.05) is 4.90 Å². The van der Waals surface area contributed by atoms with E-state index >= 15 is 0 Å². The maximum Gasteiger partial charge on any atom is 0.416 e. The Morgan fingerprint density at radius 2 is 2.05 bits per heavy atom. The van der Waals surface area contributed by atoms with Gasteiger partial charge in [0.2, 0.25) is 0 Å². The Balaban J connectivity index is 2.34. The number of anilines is 1. The van der Waals surface area contributed by atoms with Crippen LogP contribution >= 0.6 is 15.9 Å². The average molecular weight is 365 g/mol. The lowest BCUT2D eigenvalue weighted by Gasteiger charge is -2.34. The Morgan fingerprint density at radius 3 is 2.67 bits per heavy atom. The first-order chi connectivity index (χ1) is 9.73. The minimum atomic E-state index is -4.32. The summed E-state index contributed by atoms with van der Waals surface area (Å²) in [6.45, 7) is 6.57. The molecule has 0 aliphatic carbocycles. The largest absolute Gasteiger partial charge is 0.416 e. The van der Waals surface area contributed by atoms with Gasteiger partial charge < -0.3 is 10.2 Å². The van der Waals surface area contributed by atoms with Crippen molar-refractivity contribution in [3.8, 4) is 0 Å². The third-order valence-electron chi connectivity index (χ3n) is 4.05. The molecule has 1 aromatic rings. The van der Waals surface area contributed by atoms with E-state index in [2.05, 4.69) is 35.1 Å². The van der Waals surface area contributed by atoms with E-state index in [1.165, 1.54) is 6.07 Å². The number of nitrogens with one attached hydrogen (secondary N) is 1. The summed E-state index contributed by atoms with van der Waals surface area (Å²) in [5.41, 5.74) is -0.0561. The van der Waals surface area contributed by atoms with Gasteiger partial charge in [-0.3, -0.25) is 0 Å². The number of benzene rings is 1. The fourth-order valence-electron chi connectivity index (χ4n) is 2.59. The van der Waals surface area contributed by atoms with Crippen LogP contribution in [0.1, 0.15) is 32.3 Å². The molecule has 1 saturated heterocycles. The van der Waals surface area contributed by atoms with E-state index in [4.69, 9.17) is 0 Å². The van der Waals surface area contributed by atoms with Crippen molar-refractivity contribution in [3.05, 3.63) is 28.2 Å². The molecule has 6 heteroatoms. The van der Waals surface area contributed by atoms with Gasteiger partial charge >= 0.3 is 6.18 Å². The topological polar surface area (TPSA) is 15.3 Å². The van der Waals surface area contributed by atoms with Crippen LogP contribution in [0.25, 0.3) is 0 Å². The van der Waals surface area contributed by atoms with E-state index in [0.29, 0.717) is 16.7 Å². The van der Waals surface area contributed by atoms with Gasteiger partial charge in [0.1, 0.15) is 0 Å². The van der Waals surface area contributed by atoms with Crippen LogP contribution in [-0.2, 0) is 6.18 Å². The van der Waals surface area contributed by atoms with Gasteiger partial charge in [-0.15, -0.1) is 0 Å². The first-order valence-corrected chi connectivity index (χ1v) is 7.90. The zero-order valence-corrected chi connectivity index (χ0v) is 13.8. The number of halogens is 4. The Kier molecular flexibility index (Phi) is 4.88. The second-order valence-electron chi connectivity index (χ2n) is 5.81. The highest BCUT2D eigenvalue weighted by atomic mass is 79.9. The van der Waals surface area contributed by atoms with Gasteiger partial charge in [0, 0.05) is 28.8 Å². The standard InChI is InChI=1S/C15H20BrF3N2/c1-3-14(2)10-21(6-4-5-20-14)13-8-11(15(17,18)19)7-12(16)9-13/h7-9,20H,3-6,10H2,1-2H3. The van der Waals surface area contributed by atoms with Gasteiger partial charge in [-0.25, -0.2) is 0 Å². The molecular weight excluding hydrogens is 345 g/mol. The molecule has 1 aliphatic rings. The number of hydrogen-bond donors (Lipinski definition) is 1. The molecular formula is C15H20BrF3N2. The van der Waals surface area contributed by atoms with Crippen molar-refractivity contribution >= 4 is 21.6 Å². The summed E-state index contributed by atoms with van der Waals surface area (Å²) >= 11 is 3.19. The van der Waals surface area contributed by atoms with Crippen molar-refractivity contribution < 1.29 is 13.2 Å². The molecule has 0 radical (unpaired) electrons. The van der Waals surface area contributed by atoms with Crippen molar-refractivity contribution in [2.75, 3.05) is 24.5 Å². The van der Waals surface area contributed by atoms with E-state index in [-0.39, 0.29) is 5.54 Å². The van der Waals surface area contributed by atoms with Gasteiger partial charge in [-0.1, -0.05) is 22.9 Å². The van der Waals surface area contributed by atoms with Crippen molar-refractivity contribution in [2.24, 2.45) is 0 Å². The molecule has 1 aromatic carbocycles. The molecule has 0 spiro atoms. The highest BCUT2D eigenvalue weighted by Gasteiger charge is 2.33. The molecule has 2 nitrogen and oxygen atoms in total. The van der Waals surface area contributed by atoms with Gasteiger partial charge in [0.25, 0.3) is 0 Å². The Bertz CT molecular complexity index is 504. The highest BCUT2D eigenvalue weighted by Crippen LogP contribution is 2.35. The summed E-state index contributed by atoms with van der Waals surface area (Å²) in [6.07, 6.45) is -2.47. The normalized spacial score (nSPS) is 24.0. The summed E-state index contributed by atoms with van der Waals surface area (Å²) in [5.74, 6) is 0. The Labute approximate surface area is 131 Å². The number of nitrogens with zero attached hydrogens (tertiary/aromatic N) is 1. The maximum atomic E-state index is 13.0. The molecule has 1 heterocycles. The van der Waals surface area contributed by atoms with Crippen LogP contribution in [0.4, 0.5) is 18.9 Å². The molecule has 0 aromatic heterocycles. The summed E-state index contributed by atoms with van der Waals surface area (Å²) in [7, 11) is 0. The molecule has 1 fully saturated rings. The van der Waals surface area contributed by atoms with Crippen molar-refractivity contribution in [1.82, 2.24) is 5.32 Å². The van der Waals surface area contributed by atoms with Crippen LogP contribution in [-0.4, -0.2) is 25.2 Å². The lowest BCUT2D eigenvalue weighted by atomic mass is 9.98. The van der Waals surface area contributed by atoms with E-state index in [1.54, 1.807) is 6.07 Å². The molecule has 2 rings (SSSR count). The van der Waals surface area contributed by atoms with Crippen LogP contribution in [0.5, 0.6) is 0 Å². The van der Waals surface area contributed by atoms with E-state index in [0.717, 1.165) is 32.0 Å². The van der Waals surface area contributed by atoms with Gasteiger partial charge in [0.05, 0.1) is 5.56 Å². The summed E-state index contributed by atoms with van der Waals surface area (Å²) < 4.78 is 39.3. The quantitative estimate of drug-likeness (QED) is 0.834. The minimum Gasteiger partial charge on any atom is -0.370 e. The third kappa shape index (κ3) is 4.13. The van der Waals surface area contributed by atoms with Crippen molar-refractivity contribution in [3.63, 3.8) is 0 Å². The second-order valence-corrected chi connectivity index (χ2v) is 6.73.